The molecule has 148 valence electrons. The van der Waals surface area contributed by atoms with Crippen molar-refractivity contribution >= 4 is 11.0 Å². The molecule has 2 aliphatic rings. The number of nitrogens with zero attached hydrogens (tertiary/aromatic N) is 3. The summed E-state index contributed by atoms with van der Waals surface area (Å²) in [6.45, 7) is 5.93. The fourth-order valence-corrected chi connectivity index (χ4v) is 5.37. The van der Waals surface area contributed by atoms with Crippen LogP contribution in [0.1, 0.15) is 51.5 Å². The van der Waals surface area contributed by atoms with E-state index in [1.165, 1.54) is 32.1 Å². The summed E-state index contributed by atoms with van der Waals surface area (Å²) in [4.78, 5) is 15.6. The van der Waals surface area contributed by atoms with Crippen LogP contribution in [-0.4, -0.2) is 45.4 Å². The summed E-state index contributed by atoms with van der Waals surface area (Å²) in [6.07, 6.45) is 7.78. The zero-order chi connectivity index (χ0) is 18.8. The maximum atomic E-state index is 13.1. The van der Waals surface area contributed by atoms with Crippen molar-refractivity contribution in [3.63, 3.8) is 0 Å². The number of benzene rings is 1. The Morgan fingerprint density at radius 1 is 1.07 bits per heavy atom. The molecule has 1 aromatic heterocycles. The van der Waals surface area contributed by atoms with Gasteiger partial charge in [-0.2, -0.15) is 0 Å². The zero-order valence-electron chi connectivity index (χ0n) is 16.5. The predicted octanol–water partition coefficient (Wildman–Crippen LogP) is 3.26. The maximum Gasteiger partial charge on any atom is 0.329 e. The van der Waals surface area contributed by atoms with Crippen LogP contribution in [0, 0.1) is 11.8 Å². The fraction of sp³-hybridized carbons (Fsp3) is 0.682. The second-order valence-electron chi connectivity index (χ2n) is 8.45. The van der Waals surface area contributed by atoms with Gasteiger partial charge in [0.05, 0.1) is 11.0 Å². The summed E-state index contributed by atoms with van der Waals surface area (Å²) in [5.74, 6) is 0.940. The molecule has 2 atom stereocenters. The van der Waals surface area contributed by atoms with E-state index >= 15 is 0 Å². The minimum absolute atomic E-state index is 0.0721. The van der Waals surface area contributed by atoms with Gasteiger partial charge in [-0.1, -0.05) is 31.4 Å². The third-order valence-electron chi connectivity index (χ3n) is 6.77. The maximum absolute atomic E-state index is 13.1. The van der Waals surface area contributed by atoms with Gasteiger partial charge in [-0.05, 0) is 44.2 Å². The van der Waals surface area contributed by atoms with Crippen LogP contribution in [0.5, 0.6) is 0 Å². The van der Waals surface area contributed by atoms with Gasteiger partial charge in [0, 0.05) is 44.7 Å². The van der Waals surface area contributed by atoms with Gasteiger partial charge in [0.25, 0.3) is 0 Å². The number of hydrogen-bond donors (Lipinski definition) is 1. The highest BCUT2D eigenvalue weighted by molar-refractivity contribution is 5.76. The van der Waals surface area contributed by atoms with Crippen molar-refractivity contribution in [2.75, 3.05) is 26.2 Å². The Bertz CT molecular complexity index is 819. The van der Waals surface area contributed by atoms with Crippen LogP contribution < -0.4 is 5.69 Å². The topological polar surface area (TPSA) is 50.4 Å². The molecule has 0 bridgehead atoms. The number of hydrogen-bond acceptors (Lipinski definition) is 3. The Labute approximate surface area is 161 Å². The van der Waals surface area contributed by atoms with E-state index in [-0.39, 0.29) is 24.3 Å². The lowest BCUT2D eigenvalue weighted by atomic mass is 9.87. The number of aliphatic hydroxyl groups excluding tert-OH is 1. The molecular formula is C22H33N3O2. The number of likely N-dealkylation sites (tertiary alicyclic amines) is 1. The molecular weight excluding hydrogens is 338 g/mol. The molecule has 1 aromatic carbocycles. The smallest absolute Gasteiger partial charge is 0.329 e. The Kier molecular flexibility index (Phi) is 5.69. The highest BCUT2D eigenvalue weighted by atomic mass is 16.3. The van der Waals surface area contributed by atoms with Crippen molar-refractivity contribution in [3.8, 4) is 0 Å². The van der Waals surface area contributed by atoms with E-state index in [0.717, 1.165) is 43.0 Å². The lowest BCUT2D eigenvalue weighted by molar-refractivity contribution is 0.0634. The van der Waals surface area contributed by atoms with Crippen molar-refractivity contribution in [3.05, 3.63) is 34.7 Å². The van der Waals surface area contributed by atoms with E-state index in [4.69, 9.17) is 0 Å². The molecule has 2 aromatic rings. The largest absolute Gasteiger partial charge is 0.396 e. The van der Waals surface area contributed by atoms with Crippen LogP contribution in [0.3, 0.4) is 0 Å². The third kappa shape index (κ3) is 3.59. The number of aryl methyl sites for hydroxylation is 1. The van der Waals surface area contributed by atoms with Crippen LogP contribution in [0.15, 0.2) is 29.1 Å². The van der Waals surface area contributed by atoms with E-state index < -0.39 is 0 Å². The summed E-state index contributed by atoms with van der Waals surface area (Å²) in [5, 5.41) is 10.1. The molecule has 4 rings (SSSR count). The predicted molar refractivity (Wildman–Crippen MR) is 109 cm³/mol. The fourth-order valence-electron chi connectivity index (χ4n) is 5.37. The number of aromatic nitrogens is 2. The molecule has 0 unspecified atom stereocenters. The monoisotopic (exact) mass is 371 g/mol. The van der Waals surface area contributed by atoms with E-state index in [2.05, 4.69) is 4.90 Å². The van der Waals surface area contributed by atoms with E-state index in [0.29, 0.717) is 6.54 Å². The summed E-state index contributed by atoms with van der Waals surface area (Å²) >= 11 is 0. The third-order valence-corrected chi connectivity index (χ3v) is 6.77. The lowest BCUT2D eigenvalue weighted by Crippen LogP contribution is -2.46. The van der Waals surface area contributed by atoms with Gasteiger partial charge in [-0.25, -0.2) is 4.79 Å². The van der Waals surface area contributed by atoms with Crippen LogP contribution in [0.25, 0.3) is 11.0 Å². The van der Waals surface area contributed by atoms with Gasteiger partial charge in [-0.15, -0.1) is 0 Å². The van der Waals surface area contributed by atoms with Gasteiger partial charge in [0.15, 0.2) is 0 Å². The minimum Gasteiger partial charge on any atom is -0.396 e. The molecule has 1 aliphatic carbocycles. The van der Waals surface area contributed by atoms with Crippen molar-refractivity contribution in [2.24, 2.45) is 11.8 Å². The number of piperidine rings is 1. The van der Waals surface area contributed by atoms with E-state index in [1.54, 1.807) is 0 Å². The number of aliphatic hydroxyl groups is 1. The Hall–Kier alpha value is -1.59. The molecule has 2 heterocycles. The average Bonchev–Trinajstić information content (AvgIpc) is 2.99. The van der Waals surface area contributed by atoms with Crippen LogP contribution in [0.4, 0.5) is 0 Å². The SMILES string of the molecule is CCn1c(=O)n([C@@H]2CCN(CC3CCCCC3)C[C@H]2CO)c2ccccc21. The van der Waals surface area contributed by atoms with Crippen LogP contribution >= 0.6 is 0 Å². The van der Waals surface area contributed by atoms with Crippen LogP contribution in [-0.2, 0) is 6.54 Å². The summed E-state index contributed by atoms with van der Waals surface area (Å²) < 4.78 is 3.83. The van der Waals surface area contributed by atoms with Gasteiger partial charge in [0.2, 0.25) is 0 Å². The second kappa shape index (κ2) is 8.19. The molecule has 1 saturated heterocycles. The average molecular weight is 372 g/mol. The molecule has 1 N–H and O–H groups in total. The molecule has 5 nitrogen and oxygen atoms in total. The van der Waals surface area contributed by atoms with Crippen molar-refractivity contribution in [2.45, 2.75) is 58.0 Å². The first-order valence-electron chi connectivity index (χ1n) is 10.8. The quantitative estimate of drug-likeness (QED) is 0.878. The minimum atomic E-state index is 0.0721. The van der Waals surface area contributed by atoms with Crippen molar-refractivity contribution in [1.29, 1.82) is 0 Å². The summed E-state index contributed by atoms with van der Waals surface area (Å²) in [7, 11) is 0. The Morgan fingerprint density at radius 2 is 1.81 bits per heavy atom. The normalized spacial score (nSPS) is 25.3. The molecule has 5 heteroatoms. The standard InChI is InChI=1S/C22H33N3O2/c1-2-24-20-10-6-7-11-21(20)25(22(24)27)19-12-13-23(15-18(19)16-26)14-17-8-4-3-5-9-17/h6-7,10-11,17-19,26H,2-5,8-9,12-16H2,1H3/t18-,19+/m0/s1. The summed E-state index contributed by atoms with van der Waals surface area (Å²) in [6, 6.07) is 8.16. The van der Waals surface area contributed by atoms with Crippen molar-refractivity contribution in [1.82, 2.24) is 14.0 Å². The summed E-state index contributed by atoms with van der Waals surface area (Å²) in [5.41, 5.74) is 2.09. The van der Waals surface area contributed by atoms with Gasteiger partial charge in [-0.3, -0.25) is 9.13 Å². The Balaban J connectivity index is 1.57. The molecule has 0 spiro atoms. The molecule has 27 heavy (non-hydrogen) atoms. The number of para-hydroxylation sites is 2. The lowest BCUT2D eigenvalue weighted by Gasteiger charge is -2.40. The highest BCUT2D eigenvalue weighted by Crippen LogP contribution is 2.32. The van der Waals surface area contributed by atoms with Gasteiger partial charge < -0.3 is 10.0 Å². The van der Waals surface area contributed by atoms with Gasteiger partial charge >= 0.3 is 5.69 Å². The van der Waals surface area contributed by atoms with Gasteiger partial charge in [0.1, 0.15) is 0 Å². The molecule has 1 aliphatic heterocycles. The highest BCUT2D eigenvalue weighted by Gasteiger charge is 2.33. The van der Waals surface area contributed by atoms with Crippen LogP contribution in [0.2, 0.25) is 0 Å². The first-order valence-corrected chi connectivity index (χ1v) is 10.8. The molecule has 1 saturated carbocycles. The van der Waals surface area contributed by atoms with E-state index in [9.17, 15) is 9.90 Å². The molecule has 2 fully saturated rings. The number of imidazole rings is 1. The first kappa shape index (κ1) is 18.8. The molecule has 0 radical (unpaired) electrons. The Morgan fingerprint density at radius 3 is 2.52 bits per heavy atom. The van der Waals surface area contributed by atoms with Crippen molar-refractivity contribution < 1.29 is 5.11 Å². The zero-order valence-corrected chi connectivity index (χ0v) is 16.5. The number of fused-ring (bicyclic) bond motifs is 1. The second-order valence-corrected chi connectivity index (χ2v) is 8.45. The molecule has 0 amide bonds. The van der Waals surface area contributed by atoms with E-state index in [1.807, 2.05) is 40.3 Å². The first-order chi connectivity index (χ1) is 13.2. The number of rotatable bonds is 5.